The summed E-state index contributed by atoms with van der Waals surface area (Å²) in [7, 11) is 0. The fourth-order valence-corrected chi connectivity index (χ4v) is 3.81. The standard InChI is InChI=1S/C19H21N3O/c1-2-3-4-5-10-15-13-8-6-7-9-14(13)16-17(15)22-12-11-20-18(22)19(23)21-16/h6-9,11-12,15H,2-5,10H2,1H3,(H,21,23). The van der Waals surface area contributed by atoms with E-state index in [-0.39, 0.29) is 5.56 Å². The first-order valence-electron chi connectivity index (χ1n) is 8.49. The summed E-state index contributed by atoms with van der Waals surface area (Å²) in [4.78, 5) is 19.6. The first kappa shape index (κ1) is 14.2. The van der Waals surface area contributed by atoms with Gasteiger partial charge in [0.05, 0.1) is 11.4 Å². The number of aromatic amines is 1. The van der Waals surface area contributed by atoms with Crippen molar-refractivity contribution in [1.29, 1.82) is 0 Å². The highest BCUT2D eigenvalue weighted by Gasteiger charge is 2.31. The fourth-order valence-electron chi connectivity index (χ4n) is 3.81. The molecule has 0 radical (unpaired) electrons. The Morgan fingerprint density at radius 1 is 1.22 bits per heavy atom. The van der Waals surface area contributed by atoms with Crippen LogP contribution in [0.4, 0.5) is 0 Å². The summed E-state index contributed by atoms with van der Waals surface area (Å²) in [6.45, 7) is 2.24. The molecule has 3 aromatic rings. The molecule has 2 heterocycles. The van der Waals surface area contributed by atoms with Crippen molar-refractivity contribution in [1.82, 2.24) is 14.4 Å². The topological polar surface area (TPSA) is 50.2 Å². The van der Waals surface area contributed by atoms with E-state index in [1.165, 1.54) is 36.9 Å². The SMILES string of the molecule is CCCCCCC1c2ccccc2-c2[nH]c(=O)c3nccn3c21. The molecule has 2 aromatic heterocycles. The molecule has 1 atom stereocenters. The van der Waals surface area contributed by atoms with Gasteiger partial charge >= 0.3 is 0 Å². The third-order valence-electron chi connectivity index (χ3n) is 4.88. The third kappa shape index (κ3) is 2.21. The molecule has 0 saturated carbocycles. The van der Waals surface area contributed by atoms with Crippen LogP contribution in [0.2, 0.25) is 0 Å². The molecule has 0 amide bonds. The van der Waals surface area contributed by atoms with Gasteiger partial charge in [-0.1, -0.05) is 56.9 Å². The highest BCUT2D eigenvalue weighted by Crippen LogP contribution is 2.45. The number of hydrogen-bond acceptors (Lipinski definition) is 2. The molecule has 1 aliphatic carbocycles. The van der Waals surface area contributed by atoms with Gasteiger partial charge in [-0.15, -0.1) is 0 Å². The molecule has 4 heteroatoms. The molecule has 118 valence electrons. The number of H-pyrrole nitrogens is 1. The van der Waals surface area contributed by atoms with Gasteiger partial charge in [0.25, 0.3) is 5.56 Å². The highest BCUT2D eigenvalue weighted by molar-refractivity contribution is 5.75. The van der Waals surface area contributed by atoms with Crippen molar-refractivity contribution in [2.45, 2.75) is 44.9 Å². The van der Waals surface area contributed by atoms with Gasteiger partial charge in [-0.25, -0.2) is 4.98 Å². The molecule has 0 aliphatic heterocycles. The number of fused-ring (bicyclic) bond motifs is 5. The molecular formula is C19H21N3O. The van der Waals surface area contributed by atoms with Crippen LogP contribution in [0.5, 0.6) is 0 Å². The van der Waals surface area contributed by atoms with E-state index in [2.05, 4.69) is 35.1 Å². The van der Waals surface area contributed by atoms with Gasteiger partial charge < -0.3 is 4.98 Å². The number of benzene rings is 1. The van der Waals surface area contributed by atoms with Crippen LogP contribution in [0.25, 0.3) is 16.9 Å². The van der Waals surface area contributed by atoms with Crippen LogP contribution in [0.15, 0.2) is 41.5 Å². The number of nitrogens with one attached hydrogen (secondary N) is 1. The van der Waals surface area contributed by atoms with Crippen LogP contribution in [-0.4, -0.2) is 14.4 Å². The lowest BCUT2D eigenvalue weighted by Crippen LogP contribution is -2.15. The summed E-state index contributed by atoms with van der Waals surface area (Å²) in [6, 6.07) is 8.44. The van der Waals surface area contributed by atoms with Crippen LogP contribution < -0.4 is 5.56 Å². The van der Waals surface area contributed by atoms with Crippen molar-refractivity contribution >= 4 is 5.65 Å². The molecule has 1 N–H and O–H groups in total. The summed E-state index contributed by atoms with van der Waals surface area (Å²) in [5.41, 5.74) is 5.03. The zero-order valence-corrected chi connectivity index (χ0v) is 13.4. The number of nitrogens with zero attached hydrogens (tertiary/aromatic N) is 2. The summed E-state index contributed by atoms with van der Waals surface area (Å²) in [5.74, 6) is 0.339. The van der Waals surface area contributed by atoms with Crippen molar-refractivity contribution in [3.8, 4) is 11.3 Å². The van der Waals surface area contributed by atoms with Gasteiger partial charge in [0.2, 0.25) is 5.65 Å². The van der Waals surface area contributed by atoms with E-state index in [0.29, 0.717) is 11.6 Å². The first-order valence-corrected chi connectivity index (χ1v) is 8.49. The van der Waals surface area contributed by atoms with Crippen molar-refractivity contribution in [3.05, 3.63) is 58.3 Å². The number of imidazole rings is 1. The maximum atomic E-state index is 12.3. The Morgan fingerprint density at radius 2 is 2.09 bits per heavy atom. The quantitative estimate of drug-likeness (QED) is 0.721. The molecule has 0 saturated heterocycles. The Hall–Kier alpha value is -2.36. The molecule has 23 heavy (non-hydrogen) atoms. The van der Waals surface area contributed by atoms with Crippen LogP contribution in [-0.2, 0) is 0 Å². The highest BCUT2D eigenvalue weighted by atomic mass is 16.1. The Kier molecular flexibility index (Phi) is 3.52. The molecule has 1 aromatic carbocycles. The van der Waals surface area contributed by atoms with Gasteiger partial charge in [0.15, 0.2) is 0 Å². The van der Waals surface area contributed by atoms with Gasteiger partial charge in [-0.3, -0.25) is 9.20 Å². The second-order valence-electron chi connectivity index (χ2n) is 6.32. The van der Waals surface area contributed by atoms with Gasteiger partial charge in [0.1, 0.15) is 0 Å². The van der Waals surface area contributed by atoms with E-state index in [1.807, 2.05) is 16.7 Å². The van der Waals surface area contributed by atoms with Gasteiger partial charge in [0, 0.05) is 23.9 Å². The maximum Gasteiger partial charge on any atom is 0.292 e. The lowest BCUT2D eigenvalue weighted by molar-refractivity contribution is 0.592. The van der Waals surface area contributed by atoms with Crippen LogP contribution in [0, 0.1) is 0 Å². The van der Waals surface area contributed by atoms with E-state index in [0.717, 1.165) is 17.7 Å². The van der Waals surface area contributed by atoms with Gasteiger partial charge in [-0.2, -0.15) is 0 Å². The Morgan fingerprint density at radius 3 is 2.96 bits per heavy atom. The largest absolute Gasteiger partial charge is 0.317 e. The second-order valence-corrected chi connectivity index (χ2v) is 6.32. The Balaban J connectivity index is 1.84. The minimum Gasteiger partial charge on any atom is -0.317 e. The summed E-state index contributed by atoms with van der Waals surface area (Å²) < 4.78 is 1.98. The van der Waals surface area contributed by atoms with Gasteiger partial charge in [-0.05, 0) is 12.0 Å². The maximum absolute atomic E-state index is 12.3. The molecule has 1 unspecified atom stereocenters. The Bertz CT molecular complexity index is 906. The lowest BCUT2D eigenvalue weighted by Gasteiger charge is -2.14. The van der Waals surface area contributed by atoms with E-state index in [1.54, 1.807) is 6.20 Å². The van der Waals surface area contributed by atoms with Crippen molar-refractivity contribution in [3.63, 3.8) is 0 Å². The van der Waals surface area contributed by atoms with E-state index < -0.39 is 0 Å². The molecule has 0 spiro atoms. The van der Waals surface area contributed by atoms with Crippen LogP contribution >= 0.6 is 0 Å². The van der Waals surface area contributed by atoms with Crippen molar-refractivity contribution < 1.29 is 0 Å². The second kappa shape index (κ2) is 5.69. The summed E-state index contributed by atoms with van der Waals surface area (Å²) in [6.07, 6.45) is 9.74. The van der Waals surface area contributed by atoms with E-state index in [9.17, 15) is 4.79 Å². The molecule has 1 aliphatic rings. The molecule has 0 bridgehead atoms. The zero-order chi connectivity index (χ0) is 15.8. The number of rotatable bonds is 5. The summed E-state index contributed by atoms with van der Waals surface area (Å²) >= 11 is 0. The van der Waals surface area contributed by atoms with Crippen LogP contribution in [0.1, 0.15) is 56.2 Å². The zero-order valence-electron chi connectivity index (χ0n) is 13.4. The lowest BCUT2D eigenvalue weighted by atomic mass is 9.93. The number of hydrogen-bond donors (Lipinski definition) is 1. The third-order valence-corrected chi connectivity index (χ3v) is 4.88. The monoisotopic (exact) mass is 307 g/mol. The molecule has 4 nitrogen and oxygen atoms in total. The Labute approximate surface area is 135 Å². The molecular weight excluding hydrogens is 286 g/mol. The normalized spacial score (nSPS) is 15.8. The smallest absolute Gasteiger partial charge is 0.292 e. The van der Waals surface area contributed by atoms with Crippen molar-refractivity contribution in [2.24, 2.45) is 0 Å². The number of unbranched alkanes of at least 4 members (excludes halogenated alkanes) is 3. The molecule has 4 rings (SSSR count). The first-order chi connectivity index (χ1) is 11.3. The number of aromatic nitrogens is 3. The average Bonchev–Trinajstić information content (AvgIpc) is 3.16. The minimum atomic E-state index is -0.116. The van der Waals surface area contributed by atoms with Crippen LogP contribution in [0.3, 0.4) is 0 Å². The van der Waals surface area contributed by atoms with E-state index >= 15 is 0 Å². The van der Waals surface area contributed by atoms with E-state index in [4.69, 9.17) is 0 Å². The minimum absolute atomic E-state index is 0.116. The predicted octanol–water partition coefficient (Wildman–Crippen LogP) is 4.11. The molecule has 0 fully saturated rings. The predicted molar refractivity (Wildman–Crippen MR) is 91.9 cm³/mol. The summed E-state index contributed by atoms with van der Waals surface area (Å²) in [5, 5.41) is 0. The van der Waals surface area contributed by atoms with Crippen molar-refractivity contribution in [2.75, 3.05) is 0 Å². The average molecular weight is 307 g/mol. The fraction of sp³-hybridized carbons (Fsp3) is 0.368.